The lowest BCUT2D eigenvalue weighted by Crippen LogP contribution is -2.33. The molecule has 5 heteroatoms. The largest absolute Gasteiger partial charge is 0.491 e. The van der Waals surface area contributed by atoms with Crippen LogP contribution < -0.4 is 9.64 Å². The number of allylic oxidation sites excluding steroid dienone is 5. The van der Waals surface area contributed by atoms with Gasteiger partial charge in [0.2, 0.25) is 0 Å². The van der Waals surface area contributed by atoms with Gasteiger partial charge in [0, 0.05) is 31.0 Å². The summed E-state index contributed by atoms with van der Waals surface area (Å²) in [6, 6.07) is 16.2. The van der Waals surface area contributed by atoms with Crippen molar-refractivity contribution in [3.63, 3.8) is 0 Å². The number of methoxy groups -OCH3 is 1. The van der Waals surface area contributed by atoms with Crippen molar-refractivity contribution in [3.8, 4) is 5.75 Å². The molecular weight excluding hydrogens is 402 g/mol. The van der Waals surface area contributed by atoms with Crippen molar-refractivity contribution < 1.29 is 19.4 Å². The lowest BCUT2D eigenvalue weighted by atomic mass is 9.91. The Balaban J connectivity index is 1.44. The molecule has 1 N–H and O–H groups in total. The van der Waals surface area contributed by atoms with E-state index in [-0.39, 0.29) is 6.04 Å². The summed E-state index contributed by atoms with van der Waals surface area (Å²) in [5.41, 5.74) is 6.08. The molecule has 2 unspecified atom stereocenters. The minimum Gasteiger partial charge on any atom is -0.491 e. The lowest BCUT2D eigenvalue weighted by molar-refractivity contribution is -0.148. The van der Waals surface area contributed by atoms with Crippen molar-refractivity contribution in [2.75, 3.05) is 18.6 Å². The van der Waals surface area contributed by atoms with Gasteiger partial charge in [-0.3, -0.25) is 0 Å². The third kappa shape index (κ3) is 4.78. The first-order valence-corrected chi connectivity index (χ1v) is 11.0. The summed E-state index contributed by atoms with van der Waals surface area (Å²) in [5, 5.41) is 9.15. The number of carboxylic acid groups (broad SMARTS) is 1. The monoisotopic (exact) mass is 431 g/mol. The number of aliphatic carboxylic acids is 1. The first kappa shape index (κ1) is 21.9. The van der Waals surface area contributed by atoms with Gasteiger partial charge in [0.1, 0.15) is 12.4 Å². The first-order chi connectivity index (χ1) is 15.6. The van der Waals surface area contributed by atoms with Crippen LogP contribution in [-0.4, -0.2) is 36.9 Å². The summed E-state index contributed by atoms with van der Waals surface area (Å²) >= 11 is 0. The summed E-state index contributed by atoms with van der Waals surface area (Å²) in [6.45, 7) is 2.68. The zero-order valence-corrected chi connectivity index (χ0v) is 18.5. The van der Waals surface area contributed by atoms with Crippen molar-refractivity contribution in [1.82, 2.24) is 0 Å². The number of carbonyl (C=O) groups is 1. The summed E-state index contributed by atoms with van der Waals surface area (Å²) in [7, 11) is 1.41. The van der Waals surface area contributed by atoms with Crippen LogP contribution in [-0.2, 0) is 16.0 Å². The molecule has 2 aliphatic rings. The number of hydrogen-bond donors (Lipinski definition) is 1. The van der Waals surface area contributed by atoms with Gasteiger partial charge in [-0.25, -0.2) is 4.79 Å². The number of rotatable bonds is 8. The number of fused-ring (bicyclic) bond motifs is 2. The Morgan fingerprint density at radius 2 is 1.91 bits per heavy atom. The Bertz CT molecular complexity index is 1050. The number of carboxylic acids is 1. The van der Waals surface area contributed by atoms with Crippen LogP contribution in [0.2, 0.25) is 0 Å². The molecular formula is C27H29NO4. The molecule has 0 amide bonds. The Labute approximate surface area is 189 Å². The molecule has 0 fully saturated rings. The standard InChI is InChI=1S/C27H29NO4/c1-19(18-32-22-13-11-20(12-14-22)17-26(31-2)27(29)30)28-16-15-21-7-3-4-8-23(21)24-9-5-6-10-25(24)28/h3,5-7,9-16,19,26H,4,8,17-18H2,1-2H3,(H,29,30). The molecule has 1 heterocycles. The third-order valence-corrected chi connectivity index (χ3v) is 6.00. The highest BCUT2D eigenvalue weighted by Gasteiger charge is 2.22. The summed E-state index contributed by atoms with van der Waals surface area (Å²) in [4.78, 5) is 13.4. The van der Waals surface area contributed by atoms with Gasteiger partial charge in [0.15, 0.2) is 6.10 Å². The fraction of sp³-hybridized carbons (Fsp3) is 0.296. The number of para-hydroxylation sites is 1. The number of anilines is 1. The van der Waals surface area contributed by atoms with Crippen LogP contribution in [0.1, 0.15) is 30.9 Å². The molecule has 1 aliphatic carbocycles. The van der Waals surface area contributed by atoms with Crippen LogP contribution in [0.3, 0.4) is 0 Å². The van der Waals surface area contributed by atoms with Crippen molar-refractivity contribution >= 4 is 17.2 Å². The Morgan fingerprint density at radius 1 is 1.12 bits per heavy atom. The highest BCUT2D eigenvalue weighted by Crippen LogP contribution is 2.38. The summed E-state index contributed by atoms with van der Waals surface area (Å²) in [6.07, 6.45) is 10.4. The predicted octanol–water partition coefficient (Wildman–Crippen LogP) is 5.23. The average Bonchev–Trinajstić information content (AvgIpc) is 2.99. The molecule has 0 saturated carbocycles. The Hall–Kier alpha value is -3.31. The zero-order chi connectivity index (χ0) is 22.5. The number of ether oxygens (including phenoxy) is 2. The van der Waals surface area contributed by atoms with Crippen molar-refractivity contribution in [2.24, 2.45) is 0 Å². The first-order valence-electron chi connectivity index (χ1n) is 11.0. The second kappa shape index (κ2) is 9.88. The third-order valence-electron chi connectivity index (χ3n) is 6.00. The second-order valence-corrected chi connectivity index (χ2v) is 8.19. The molecule has 0 radical (unpaired) electrons. The maximum absolute atomic E-state index is 11.2. The van der Waals surface area contributed by atoms with Gasteiger partial charge in [0.05, 0.1) is 6.04 Å². The van der Waals surface area contributed by atoms with E-state index in [4.69, 9.17) is 14.6 Å². The SMILES string of the molecule is COC(Cc1ccc(OCC(C)N2C=CC3=C(CCC=C3)c3ccccc32)cc1)C(=O)O. The molecule has 1 aliphatic heterocycles. The molecule has 2 aromatic rings. The van der Waals surface area contributed by atoms with E-state index in [0.717, 1.165) is 24.2 Å². The minimum absolute atomic E-state index is 0.127. The maximum Gasteiger partial charge on any atom is 0.333 e. The highest BCUT2D eigenvalue weighted by molar-refractivity contribution is 5.84. The van der Waals surface area contributed by atoms with E-state index in [1.54, 1.807) is 0 Å². The van der Waals surface area contributed by atoms with Crippen molar-refractivity contribution in [1.29, 1.82) is 0 Å². The van der Waals surface area contributed by atoms with E-state index in [1.165, 1.54) is 29.5 Å². The van der Waals surface area contributed by atoms with Crippen LogP contribution in [0.5, 0.6) is 5.75 Å². The maximum atomic E-state index is 11.2. The van der Waals surface area contributed by atoms with E-state index >= 15 is 0 Å². The summed E-state index contributed by atoms with van der Waals surface area (Å²) < 4.78 is 11.1. The van der Waals surface area contributed by atoms with Gasteiger partial charge < -0.3 is 19.5 Å². The Kier molecular flexibility index (Phi) is 6.76. The zero-order valence-electron chi connectivity index (χ0n) is 18.5. The van der Waals surface area contributed by atoms with E-state index in [1.807, 2.05) is 24.3 Å². The fourth-order valence-corrected chi connectivity index (χ4v) is 4.21. The van der Waals surface area contributed by atoms with Crippen LogP contribution in [0.4, 0.5) is 5.69 Å². The normalized spacial score (nSPS) is 16.8. The van der Waals surface area contributed by atoms with Gasteiger partial charge in [0.25, 0.3) is 0 Å². The minimum atomic E-state index is -0.959. The number of nitrogens with zero attached hydrogens (tertiary/aromatic N) is 1. The Morgan fingerprint density at radius 3 is 2.66 bits per heavy atom. The summed E-state index contributed by atoms with van der Waals surface area (Å²) in [5.74, 6) is -0.198. The predicted molar refractivity (Wildman–Crippen MR) is 127 cm³/mol. The van der Waals surface area contributed by atoms with Gasteiger partial charge in [-0.2, -0.15) is 0 Å². The van der Waals surface area contributed by atoms with Crippen LogP contribution in [0.25, 0.3) is 5.57 Å². The van der Waals surface area contributed by atoms with Crippen molar-refractivity contribution in [2.45, 2.75) is 38.3 Å². The van der Waals surface area contributed by atoms with E-state index in [9.17, 15) is 4.79 Å². The van der Waals surface area contributed by atoms with E-state index < -0.39 is 12.1 Å². The van der Waals surface area contributed by atoms with Crippen LogP contribution in [0.15, 0.2) is 78.5 Å². The second-order valence-electron chi connectivity index (χ2n) is 8.19. The van der Waals surface area contributed by atoms with E-state index in [0.29, 0.717) is 13.0 Å². The van der Waals surface area contributed by atoms with Gasteiger partial charge in [-0.15, -0.1) is 0 Å². The molecule has 0 aromatic heterocycles. The number of benzene rings is 2. The molecule has 0 saturated heterocycles. The van der Waals surface area contributed by atoms with Crippen LogP contribution >= 0.6 is 0 Å². The quantitative estimate of drug-likeness (QED) is 0.620. The molecule has 166 valence electrons. The molecule has 0 bridgehead atoms. The average molecular weight is 432 g/mol. The number of hydrogen-bond acceptors (Lipinski definition) is 4. The molecule has 2 aromatic carbocycles. The smallest absolute Gasteiger partial charge is 0.333 e. The van der Waals surface area contributed by atoms with Gasteiger partial charge in [-0.1, -0.05) is 42.5 Å². The fourth-order valence-electron chi connectivity index (χ4n) is 4.21. The molecule has 4 rings (SSSR count). The molecule has 2 atom stereocenters. The molecule has 32 heavy (non-hydrogen) atoms. The van der Waals surface area contributed by atoms with Crippen molar-refractivity contribution in [3.05, 3.63) is 89.7 Å². The lowest BCUT2D eigenvalue weighted by Gasteiger charge is -2.29. The highest BCUT2D eigenvalue weighted by atomic mass is 16.5. The van der Waals surface area contributed by atoms with E-state index in [2.05, 4.69) is 60.5 Å². The van der Waals surface area contributed by atoms with Gasteiger partial charge in [-0.05, 0) is 60.8 Å². The van der Waals surface area contributed by atoms with Gasteiger partial charge >= 0.3 is 5.97 Å². The molecule has 0 spiro atoms. The van der Waals surface area contributed by atoms with Crippen LogP contribution in [0, 0.1) is 0 Å². The molecule has 5 nitrogen and oxygen atoms in total. The topological polar surface area (TPSA) is 59.0 Å².